The average Bonchev–Trinajstić information content (AvgIpc) is 2.75. The van der Waals surface area contributed by atoms with Gasteiger partial charge in [-0.2, -0.15) is 11.8 Å². The molecule has 0 aliphatic heterocycles. The zero-order valence-corrected chi connectivity index (χ0v) is 24.1. The molecule has 2 nitrogen and oxygen atoms in total. The van der Waals surface area contributed by atoms with Gasteiger partial charge >= 0.3 is 0 Å². The maximum atomic E-state index is 5.43. The van der Waals surface area contributed by atoms with E-state index >= 15 is 0 Å². The fraction of sp³-hybridized carbons (Fsp3) is 0.548. The van der Waals surface area contributed by atoms with E-state index in [1.54, 1.807) is 6.26 Å². The predicted octanol–water partition coefficient (Wildman–Crippen LogP) is 9.81. The monoisotopic (exact) mass is 485 g/mol. The lowest BCUT2D eigenvalue weighted by molar-refractivity contribution is 0.392. The summed E-state index contributed by atoms with van der Waals surface area (Å²) >= 11 is 1.94. The van der Waals surface area contributed by atoms with E-state index in [1.165, 1.54) is 40.7 Å². The van der Waals surface area contributed by atoms with Gasteiger partial charge in [-0.3, -0.25) is 0 Å². The normalized spacial score (nSPS) is 14.4. The quantitative estimate of drug-likeness (QED) is 0.119. The number of hydrogen-bond acceptors (Lipinski definition) is 3. The van der Waals surface area contributed by atoms with Crippen LogP contribution in [0.3, 0.4) is 0 Å². The second kappa shape index (κ2) is 20.5. The van der Waals surface area contributed by atoms with Crippen LogP contribution in [0.5, 0.6) is 0 Å². The number of hydrogen-bond donors (Lipinski definition) is 1. The van der Waals surface area contributed by atoms with Gasteiger partial charge in [0.15, 0.2) is 0 Å². The molecule has 34 heavy (non-hydrogen) atoms. The lowest BCUT2D eigenvalue weighted by Gasteiger charge is -2.20. The third-order valence-electron chi connectivity index (χ3n) is 5.43. The van der Waals surface area contributed by atoms with Gasteiger partial charge in [0, 0.05) is 17.2 Å². The molecule has 1 atom stereocenters. The summed E-state index contributed by atoms with van der Waals surface area (Å²) in [5.74, 6) is 2.02. The summed E-state index contributed by atoms with van der Waals surface area (Å²) in [6, 6.07) is 0.233. The molecular formula is C31H51NOS. The summed E-state index contributed by atoms with van der Waals surface area (Å²) in [5, 5.41) is 3.46. The predicted molar refractivity (Wildman–Crippen MR) is 157 cm³/mol. The molecular weight excluding hydrogens is 434 g/mol. The van der Waals surface area contributed by atoms with Crippen molar-refractivity contribution in [2.75, 3.05) is 11.5 Å². The van der Waals surface area contributed by atoms with Crippen molar-refractivity contribution in [2.24, 2.45) is 0 Å². The summed E-state index contributed by atoms with van der Waals surface area (Å²) in [5.41, 5.74) is 8.06. The smallest absolute Gasteiger partial charge is 0.0911 e. The molecule has 0 aliphatic rings. The molecule has 0 aromatic heterocycles. The first-order valence-electron chi connectivity index (χ1n) is 12.7. The van der Waals surface area contributed by atoms with Crippen LogP contribution in [-0.4, -0.2) is 17.5 Å². The molecule has 0 rings (SSSR count). The Hall–Kier alpha value is -1.87. The molecule has 0 saturated heterocycles. The van der Waals surface area contributed by atoms with Gasteiger partial charge in [-0.15, -0.1) is 0 Å². The van der Waals surface area contributed by atoms with Crippen LogP contribution < -0.4 is 5.32 Å². The first-order valence-corrected chi connectivity index (χ1v) is 13.8. The van der Waals surface area contributed by atoms with Crippen molar-refractivity contribution in [1.82, 2.24) is 5.32 Å². The van der Waals surface area contributed by atoms with Crippen LogP contribution in [0.1, 0.15) is 93.9 Å². The molecule has 0 amide bonds. The van der Waals surface area contributed by atoms with Gasteiger partial charge in [-0.1, -0.05) is 59.3 Å². The van der Waals surface area contributed by atoms with Crippen molar-refractivity contribution in [2.45, 2.75) is 100.0 Å². The van der Waals surface area contributed by atoms with E-state index in [0.717, 1.165) is 42.9 Å². The zero-order valence-electron chi connectivity index (χ0n) is 23.3. The zero-order chi connectivity index (χ0) is 25.8. The van der Waals surface area contributed by atoms with Gasteiger partial charge in [0.05, 0.1) is 18.6 Å². The Morgan fingerprint density at radius 1 is 0.824 bits per heavy atom. The molecule has 192 valence electrons. The molecule has 0 aromatic carbocycles. The highest BCUT2D eigenvalue weighted by Crippen LogP contribution is 2.16. The van der Waals surface area contributed by atoms with E-state index in [0.29, 0.717) is 0 Å². The summed E-state index contributed by atoms with van der Waals surface area (Å²) in [6.07, 6.45) is 21.9. The average molecular weight is 486 g/mol. The van der Waals surface area contributed by atoms with Gasteiger partial charge in [-0.05, 0) is 99.5 Å². The molecule has 1 N–H and O–H groups in total. The Bertz CT molecular complexity index is 760. The maximum absolute atomic E-state index is 5.43. The van der Waals surface area contributed by atoms with E-state index < -0.39 is 0 Å². The lowest BCUT2D eigenvalue weighted by atomic mass is 10.0. The van der Waals surface area contributed by atoms with Crippen molar-refractivity contribution in [3.63, 3.8) is 0 Å². The minimum atomic E-state index is 0.233. The van der Waals surface area contributed by atoms with E-state index in [-0.39, 0.29) is 6.04 Å². The molecule has 0 fully saturated rings. The fourth-order valence-corrected chi connectivity index (χ4v) is 4.39. The maximum Gasteiger partial charge on any atom is 0.0911 e. The third-order valence-corrected chi connectivity index (χ3v) is 6.40. The minimum Gasteiger partial charge on any atom is -0.473 e. The van der Waals surface area contributed by atoms with Crippen LogP contribution in [-0.2, 0) is 4.74 Å². The van der Waals surface area contributed by atoms with E-state index in [9.17, 15) is 0 Å². The summed E-state index contributed by atoms with van der Waals surface area (Å²) in [6.45, 7) is 21.2. The van der Waals surface area contributed by atoms with Crippen LogP contribution in [0, 0.1) is 0 Å². The number of ether oxygens (including phenoxy) is 1. The lowest BCUT2D eigenvalue weighted by Crippen LogP contribution is -2.31. The number of rotatable bonds is 18. The largest absolute Gasteiger partial charge is 0.473 e. The Balaban J connectivity index is 4.35. The molecule has 0 aromatic rings. The Morgan fingerprint density at radius 3 is 1.85 bits per heavy atom. The van der Waals surface area contributed by atoms with Crippen LogP contribution >= 0.6 is 11.8 Å². The molecule has 0 aliphatic carbocycles. The van der Waals surface area contributed by atoms with Crippen molar-refractivity contribution in [1.29, 1.82) is 0 Å². The van der Waals surface area contributed by atoms with Gasteiger partial charge in [-0.25, -0.2) is 0 Å². The summed E-state index contributed by atoms with van der Waals surface area (Å²) < 4.78 is 5.43. The van der Waals surface area contributed by atoms with Crippen molar-refractivity contribution in [3.8, 4) is 0 Å². The number of thioether (sulfide) groups is 1. The highest BCUT2D eigenvalue weighted by molar-refractivity contribution is 7.99. The Kier molecular flexibility index (Phi) is 19.4. The Labute approximate surface area is 216 Å². The fourth-order valence-electron chi connectivity index (χ4n) is 3.27. The standard InChI is InChI=1S/C31H51NOS/c1-10-21-33-23-30(9)31(32-26(4)5)24-34-22-20-29(8)19-13-18-28(7)17-12-16-27(6)15-11-14-25(2)3/h10,14,16,18,20-21,23,31-32H,4,11-13,15,17,19,22,24H2,1-3,5-9H3/b21-10-,27-16+,28-18+,29-20+,30-23+. The van der Waals surface area contributed by atoms with Crippen LogP contribution in [0.4, 0.5) is 0 Å². The van der Waals surface area contributed by atoms with E-state index in [1.807, 2.05) is 37.9 Å². The van der Waals surface area contributed by atoms with Gasteiger partial charge in [0.2, 0.25) is 0 Å². The van der Waals surface area contributed by atoms with Crippen molar-refractivity contribution < 1.29 is 4.74 Å². The van der Waals surface area contributed by atoms with Crippen LogP contribution in [0.25, 0.3) is 0 Å². The van der Waals surface area contributed by atoms with Crippen LogP contribution in [0.15, 0.2) is 83.0 Å². The SMILES string of the molecule is C=C(C)NC(CSC/C=C(\C)CC/C=C(\C)CC/C=C(\C)CCC=C(C)C)/C(C)=C/O/C=C\C. The van der Waals surface area contributed by atoms with Gasteiger partial charge < -0.3 is 10.1 Å². The van der Waals surface area contributed by atoms with Crippen LogP contribution in [0.2, 0.25) is 0 Å². The number of allylic oxidation sites excluding steroid dienone is 9. The molecule has 0 bridgehead atoms. The molecule has 0 heterocycles. The molecule has 0 spiro atoms. The molecule has 3 heteroatoms. The van der Waals surface area contributed by atoms with Crippen molar-refractivity contribution >= 4 is 11.8 Å². The topological polar surface area (TPSA) is 21.3 Å². The molecule has 0 saturated carbocycles. The van der Waals surface area contributed by atoms with Gasteiger partial charge in [0.25, 0.3) is 0 Å². The second-order valence-corrected chi connectivity index (χ2v) is 10.6. The second-order valence-electron chi connectivity index (χ2n) is 9.53. The van der Waals surface area contributed by atoms with Crippen molar-refractivity contribution in [3.05, 3.63) is 83.0 Å². The van der Waals surface area contributed by atoms with E-state index in [4.69, 9.17) is 4.74 Å². The highest BCUT2D eigenvalue weighted by Gasteiger charge is 2.10. The molecule has 0 radical (unpaired) electrons. The Morgan fingerprint density at radius 2 is 1.35 bits per heavy atom. The van der Waals surface area contributed by atoms with E-state index in [2.05, 4.69) is 77.7 Å². The summed E-state index contributed by atoms with van der Waals surface area (Å²) in [4.78, 5) is 0. The summed E-state index contributed by atoms with van der Waals surface area (Å²) in [7, 11) is 0. The molecule has 1 unspecified atom stereocenters. The third kappa shape index (κ3) is 19.6. The first kappa shape index (κ1) is 32.1. The highest BCUT2D eigenvalue weighted by atomic mass is 32.2. The van der Waals surface area contributed by atoms with Gasteiger partial charge in [0.1, 0.15) is 0 Å². The number of nitrogens with one attached hydrogen (secondary N) is 1. The minimum absolute atomic E-state index is 0.233. The first-order chi connectivity index (χ1) is 16.1.